The van der Waals surface area contributed by atoms with Crippen LogP contribution in [0, 0.1) is 5.92 Å². The second kappa shape index (κ2) is 3.26. The minimum absolute atomic E-state index is 0.438. The van der Waals surface area contributed by atoms with Crippen LogP contribution in [0.4, 0.5) is 0 Å². The first-order chi connectivity index (χ1) is 6.10. The summed E-state index contributed by atoms with van der Waals surface area (Å²) in [5.41, 5.74) is -0.450. The van der Waals surface area contributed by atoms with Crippen molar-refractivity contribution in [2.24, 2.45) is 5.92 Å². The number of rotatable bonds is 2. The minimum Gasteiger partial charge on any atom is -0.389 e. The minimum atomic E-state index is -0.450. The molecule has 0 bridgehead atoms. The molecular formula is C10H13ClOS. The number of halogens is 1. The molecule has 1 N–H and O–H groups in total. The van der Waals surface area contributed by atoms with Crippen LogP contribution in [0.5, 0.6) is 0 Å². The van der Waals surface area contributed by atoms with Crippen LogP contribution in [0.1, 0.15) is 24.6 Å². The van der Waals surface area contributed by atoms with Gasteiger partial charge >= 0.3 is 0 Å². The lowest BCUT2D eigenvalue weighted by atomic mass is 9.68. The Morgan fingerprint density at radius 2 is 2.46 bits per heavy atom. The lowest BCUT2D eigenvalue weighted by molar-refractivity contribution is -0.0845. The molecule has 3 heteroatoms. The molecule has 1 saturated carbocycles. The monoisotopic (exact) mass is 216 g/mol. The molecule has 1 aromatic heterocycles. The second-order valence-corrected chi connectivity index (χ2v) is 5.73. The molecule has 0 spiro atoms. The van der Waals surface area contributed by atoms with Crippen molar-refractivity contribution in [3.8, 4) is 0 Å². The predicted octanol–water partition coefficient (Wildman–Crippen LogP) is 3.11. The summed E-state index contributed by atoms with van der Waals surface area (Å²) in [5.74, 6) is 0.438. The topological polar surface area (TPSA) is 20.2 Å². The average Bonchev–Trinajstić information content (AvgIpc) is 2.48. The van der Waals surface area contributed by atoms with Gasteiger partial charge in [0.2, 0.25) is 0 Å². The Kier molecular flexibility index (Phi) is 2.39. The van der Waals surface area contributed by atoms with Crippen molar-refractivity contribution in [2.45, 2.75) is 31.8 Å². The summed E-state index contributed by atoms with van der Waals surface area (Å²) in [6.07, 6.45) is 2.85. The van der Waals surface area contributed by atoms with Crippen molar-refractivity contribution in [3.05, 3.63) is 21.3 Å². The molecule has 2 unspecified atom stereocenters. The van der Waals surface area contributed by atoms with Crippen molar-refractivity contribution in [1.82, 2.24) is 0 Å². The molecular weight excluding hydrogens is 204 g/mol. The summed E-state index contributed by atoms with van der Waals surface area (Å²) in [7, 11) is 0. The van der Waals surface area contributed by atoms with E-state index in [1.807, 2.05) is 12.1 Å². The third kappa shape index (κ3) is 1.76. The van der Waals surface area contributed by atoms with Gasteiger partial charge in [-0.15, -0.1) is 11.3 Å². The molecule has 1 heterocycles. The fourth-order valence-corrected chi connectivity index (χ4v) is 2.98. The van der Waals surface area contributed by atoms with E-state index < -0.39 is 5.60 Å². The summed E-state index contributed by atoms with van der Waals surface area (Å²) >= 11 is 7.40. The van der Waals surface area contributed by atoms with Crippen LogP contribution < -0.4 is 0 Å². The highest BCUT2D eigenvalue weighted by Gasteiger charge is 2.42. The molecule has 1 nitrogen and oxygen atoms in total. The molecule has 0 aliphatic heterocycles. The van der Waals surface area contributed by atoms with Crippen molar-refractivity contribution in [3.63, 3.8) is 0 Å². The zero-order valence-electron chi connectivity index (χ0n) is 7.59. The van der Waals surface area contributed by atoms with E-state index in [4.69, 9.17) is 11.6 Å². The summed E-state index contributed by atoms with van der Waals surface area (Å²) in [6.45, 7) is 2.11. The maximum absolute atomic E-state index is 10.1. The molecule has 2 rings (SSSR count). The molecule has 1 fully saturated rings. The van der Waals surface area contributed by atoms with E-state index in [1.165, 1.54) is 4.88 Å². The van der Waals surface area contributed by atoms with E-state index in [0.717, 1.165) is 23.6 Å². The first-order valence-corrected chi connectivity index (χ1v) is 5.76. The fourth-order valence-electron chi connectivity index (χ4n) is 1.78. The molecule has 72 valence electrons. The van der Waals surface area contributed by atoms with Gasteiger partial charge in [-0.25, -0.2) is 0 Å². The smallest absolute Gasteiger partial charge is 0.0931 e. The number of aliphatic hydroxyl groups is 1. The van der Waals surface area contributed by atoms with Gasteiger partial charge in [0.1, 0.15) is 0 Å². The van der Waals surface area contributed by atoms with Gasteiger partial charge < -0.3 is 5.11 Å². The van der Waals surface area contributed by atoms with Gasteiger partial charge in [-0.05, 0) is 30.9 Å². The molecule has 2 atom stereocenters. The Morgan fingerprint density at radius 3 is 2.85 bits per heavy atom. The van der Waals surface area contributed by atoms with E-state index in [0.29, 0.717) is 5.92 Å². The van der Waals surface area contributed by atoms with Gasteiger partial charge in [0.25, 0.3) is 0 Å². The number of thiophene rings is 1. The molecule has 1 aliphatic rings. The lowest BCUT2D eigenvalue weighted by Crippen LogP contribution is -2.47. The maximum atomic E-state index is 10.1. The van der Waals surface area contributed by atoms with Gasteiger partial charge in [-0.1, -0.05) is 18.5 Å². The van der Waals surface area contributed by atoms with Crippen molar-refractivity contribution in [2.75, 3.05) is 0 Å². The third-order valence-electron chi connectivity index (χ3n) is 3.04. The summed E-state index contributed by atoms with van der Waals surface area (Å²) in [5, 5.41) is 10.1. The second-order valence-electron chi connectivity index (χ2n) is 3.93. The van der Waals surface area contributed by atoms with E-state index in [-0.39, 0.29) is 0 Å². The quantitative estimate of drug-likeness (QED) is 0.806. The SMILES string of the molecule is CC1CCC1(O)Cc1ccc(Cl)s1. The fraction of sp³-hybridized carbons (Fsp3) is 0.600. The Morgan fingerprint density at radius 1 is 1.69 bits per heavy atom. The number of hydrogen-bond donors (Lipinski definition) is 1. The molecule has 1 aromatic rings. The highest BCUT2D eigenvalue weighted by atomic mass is 35.5. The van der Waals surface area contributed by atoms with Crippen LogP contribution in [0.25, 0.3) is 0 Å². The lowest BCUT2D eigenvalue weighted by Gasteiger charge is -2.43. The summed E-state index contributed by atoms with van der Waals surface area (Å²) < 4.78 is 0.811. The maximum Gasteiger partial charge on any atom is 0.0931 e. The summed E-state index contributed by atoms with van der Waals surface area (Å²) in [4.78, 5) is 1.19. The van der Waals surface area contributed by atoms with Crippen LogP contribution >= 0.6 is 22.9 Å². The molecule has 1 aliphatic carbocycles. The largest absolute Gasteiger partial charge is 0.389 e. The van der Waals surface area contributed by atoms with Crippen LogP contribution in [-0.2, 0) is 6.42 Å². The Hall–Kier alpha value is -0.0500. The van der Waals surface area contributed by atoms with Crippen molar-refractivity contribution in [1.29, 1.82) is 0 Å². The van der Waals surface area contributed by atoms with Gasteiger partial charge in [-0.3, -0.25) is 0 Å². The molecule has 0 aromatic carbocycles. The van der Waals surface area contributed by atoms with E-state index >= 15 is 0 Å². The van der Waals surface area contributed by atoms with Crippen molar-refractivity contribution >= 4 is 22.9 Å². The highest BCUT2D eigenvalue weighted by Crippen LogP contribution is 2.41. The molecule has 0 radical (unpaired) electrons. The van der Waals surface area contributed by atoms with Crippen LogP contribution in [-0.4, -0.2) is 10.7 Å². The Labute approximate surface area is 87.4 Å². The predicted molar refractivity (Wildman–Crippen MR) is 56.4 cm³/mol. The normalized spacial score (nSPS) is 33.0. The van der Waals surface area contributed by atoms with Crippen molar-refractivity contribution < 1.29 is 5.11 Å². The van der Waals surface area contributed by atoms with Crippen LogP contribution in [0.2, 0.25) is 4.34 Å². The zero-order valence-corrected chi connectivity index (χ0v) is 9.16. The summed E-state index contributed by atoms with van der Waals surface area (Å²) in [6, 6.07) is 3.91. The van der Waals surface area contributed by atoms with Crippen LogP contribution in [0.3, 0.4) is 0 Å². The van der Waals surface area contributed by atoms with E-state index in [9.17, 15) is 5.11 Å². The van der Waals surface area contributed by atoms with Gasteiger partial charge in [0.05, 0.1) is 9.94 Å². The molecule has 0 amide bonds. The Bertz CT molecular complexity index is 310. The molecule has 13 heavy (non-hydrogen) atoms. The van der Waals surface area contributed by atoms with E-state index in [2.05, 4.69) is 6.92 Å². The van der Waals surface area contributed by atoms with Gasteiger partial charge in [0, 0.05) is 11.3 Å². The average molecular weight is 217 g/mol. The standard InChI is InChI=1S/C10H13ClOS/c1-7-4-5-10(7,12)6-8-2-3-9(11)13-8/h2-3,7,12H,4-6H2,1H3. The number of hydrogen-bond acceptors (Lipinski definition) is 2. The third-order valence-corrected chi connectivity index (χ3v) is 4.27. The Balaban J connectivity index is 2.05. The molecule has 0 saturated heterocycles. The zero-order chi connectivity index (χ0) is 9.47. The van der Waals surface area contributed by atoms with Gasteiger partial charge in [0.15, 0.2) is 0 Å². The van der Waals surface area contributed by atoms with Gasteiger partial charge in [-0.2, -0.15) is 0 Å². The van der Waals surface area contributed by atoms with Crippen LogP contribution in [0.15, 0.2) is 12.1 Å². The first kappa shape index (κ1) is 9.50. The first-order valence-electron chi connectivity index (χ1n) is 4.57. The van der Waals surface area contributed by atoms with E-state index in [1.54, 1.807) is 11.3 Å². The highest BCUT2D eigenvalue weighted by molar-refractivity contribution is 7.16.